The third-order valence-corrected chi connectivity index (χ3v) is 5.47. The highest BCUT2D eigenvalue weighted by atomic mass is 32.2. The first-order chi connectivity index (χ1) is 12.9. The van der Waals surface area contributed by atoms with Crippen LogP contribution in [0.15, 0.2) is 58.5 Å². The number of carbonyl (C=O) groups is 1. The van der Waals surface area contributed by atoms with E-state index < -0.39 is 26.5 Å². The molecule has 0 saturated carbocycles. The molecule has 0 saturated heterocycles. The Morgan fingerprint density at radius 1 is 1.11 bits per heavy atom. The predicted molar refractivity (Wildman–Crippen MR) is 94.7 cm³/mol. The molecule has 2 aromatic carbocycles. The molecule has 0 aromatic heterocycles. The van der Waals surface area contributed by atoms with E-state index in [2.05, 4.69) is 10.1 Å². The Kier molecular flexibility index (Phi) is 5.31. The Morgan fingerprint density at radius 2 is 1.78 bits per heavy atom. The fourth-order valence-electron chi connectivity index (χ4n) is 2.37. The van der Waals surface area contributed by atoms with Gasteiger partial charge in [0.1, 0.15) is 19.0 Å². The second kappa shape index (κ2) is 7.67. The highest BCUT2D eigenvalue weighted by molar-refractivity contribution is 7.96. The van der Waals surface area contributed by atoms with Gasteiger partial charge in [0.2, 0.25) is 9.84 Å². The van der Waals surface area contributed by atoms with Crippen LogP contribution in [0.3, 0.4) is 0 Å². The van der Waals surface area contributed by atoms with Gasteiger partial charge in [-0.15, -0.1) is 0 Å². The third kappa shape index (κ3) is 4.03. The minimum absolute atomic E-state index is 0.232. The summed E-state index contributed by atoms with van der Waals surface area (Å²) >= 11 is 0. The minimum atomic E-state index is -4.22. The number of nitrogens with one attached hydrogen (secondary N) is 1. The van der Waals surface area contributed by atoms with Gasteiger partial charge in [-0.1, -0.05) is 0 Å². The lowest BCUT2D eigenvalue weighted by Gasteiger charge is -2.18. The zero-order valence-corrected chi connectivity index (χ0v) is 15.1. The molecule has 0 fully saturated rings. The molecule has 0 unspecified atom stereocenters. The average Bonchev–Trinajstić information content (AvgIpc) is 2.68. The number of ether oxygens (including phenoxy) is 3. The maximum absolute atomic E-state index is 13.1. The number of esters is 1. The van der Waals surface area contributed by atoms with Gasteiger partial charge in [-0.2, -0.15) is 0 Å². The van der Waals surface area contributed by atoms with Gasteiger partial charge >= 0.3 is 5.97 Å². The summed E-state index contributed by atoms with van der Waals surface area (Å²) < 4.78 is 54.0. The van der Waals surface area contributed by atoms with Gasteiger partial charge < -0.3 is 19.5 Å². The van der Waals surface area contributed by atoms with E-state index in [0.29, 0.717) is 30.4 Å². The van der Waals surface area contributed by atoms with Crippen molar-refractivity contribution in [1.82, 2.24) is 0 Å². The van der Waals surface area contributed by atoms with Crippen molar-refractivity contribution in [3.63, 3.8) is 0 Å². The Bertz CT molecular complexity index is 985. The van der Waals surface area contributed by atoms with Gasteiger partial charge in [0, 0.05) is 18.0 Å². The first-order valence-corrected chi connectivity index (χ1v) is 9.35. The van der Waals surface area contributed by atoms with Gasteiger partial charge in [0.05, 0.1) is 12.0 Å². The van der Waals surface area contributed by atoms with Crippen LogP contribution >= 0.6 is 0 Å². The fraction of sp³-hybridized carbons (Fsp3) is 0.167. The van der Waals surface area contributed by atoms with Gasteiger partial charge in [0.15, 0.2) is 16.4 Å². The Balaban J connectivity index is 1.93. The van der Waals surface area contributed by atoms with E-state index in [1.165, 1.54) is 0 Å². The van der Waals surface area contributed by atoms with Gasteiger partial charge in [-0.05, 0) is 36.4 Å². The molecule has 1 N–H and O–H groups in total. The Labute approximate surface area is 155 Å². The van der Waals surface area contributed by atoms with Crippen molar-refractivity contribution in [2.45, 2.75) is 4.90 Å². The fourth-order valence-corrected chi connectivity index (χ4v) is 3.63. The van der Waals surface area contributed by atoms with Crippen molar-refractivity contribution in [1.29, 1.82) is 0 Å². The van der Waals surface area contributed by atoms with Crippen LogP contribution in [-0.2, 0) is 19.4 Å². The standard InChI is InChI=1S/C18H16FNO6S/c1-24-18(21)17(27(22,23)14-5-2-12(19)3-6-14)11-20-13-4-7-15-16(10-13)26-9-8-25-15/h2-7,10-11,20H,8-9H2,1H3. The van der Waals surface area contributed by atoms with E-state index in [-0.39, 0.29) is 4.90 Å². The first kappa shape index (κ1) is 18.7. The Morgan fingerprint density at radius 3 is 2.44 bits per heavy atom. The summed E-state index contributed by atoms with van der Waals surface area (Å²) in [5, 5.41) is 2.75. The second-order valence-electron chi connectivity index (χ2n) is 5.46. The lowest BCUT2D eigenvalue weighted by atomic mass is 10.2. The van der Waals surface area contributed by atoms with E-state index in [1.54, 1.807) is 18.2 Å². The quantitative estimate of drug-likeness (QED) is 0.474. The maximum Gasteiger partial charge on any atom is 0.351 e. The van der Waals surface area contributed by atoms with E-state index in [1.807, 2.05) is 0 Å². The summed E-state index contributed by atoms with van der Waals surface area (Å²) in [6.07, 6.45) is 1.02. The van der Waals surface area contributed by atoms with Gasteiger partial charge in [-0.3, -0.25) is 0 Å². The molecule has 3 rings (SSSR count). The normalized spacial score (nSPS) is 13.8. The van der Waals surface area contributed by atoms with Crippen LogP contribution in [0.5, 0.6) is 11.5 Å². The molecular formula is C18H16FNO6S. The molecule has 1 heterocycles. The summed E-state index contributed by atoms with van der Waals surface area (Å²) in [4.78, 5) is 11.2. The zero-order valence-electron chi connectivity index (χ0n) is 14.3. The summed E-state index contributed by atoms with van der Waals surface area (Å²) in [6, 6.07) is 9.06. The second-order valence-corrected chi connectivity index (χ2v) is 7.38. The summed E-state index contributed by atoms with van der Waals surface area (Å²) in [5.41, 5.74) is 0.481. The number of rotatable bonds is 5. The molecule has 9 heteroatoms. The molecule has 1 aliphatic heterocycles. The van der Waals surface area contributed by atoms with Crippen LogP contribution in [0.1, 0.15) is 0 Å². The lowest BCUT2D eigenvalue weighted by molar-refractivity contribution is -0.135. The number of methoxy groups -OCH3 is 1. The molecule has 27 heavy (non-hydrogen) atoms. The molecule has 1 aliphatic rings. The maximum atomic E-state index is 13.1. The number of carbonyl (C=O) groups excluding carboxylic acids is 1. The topological polar surface area (TPSA) is 90.9 Å². The van der Waals surface area contributed by atoms with E-state index >= 15 is 0 Å². The Hall–Kier alpha value is -3.07. The molecule has 0 radical (unpaired) electrons. The minimum Gasteiger partial charge on any atom is -0.486 e. The highest BCUT2D eigenvalue weighted by Crippen LogP contribution is 2.32. The van der Waals surface area contributed by atoms with Crippen LogP contribution in [-0.4, -0.2) is 34.7 Å². The number of hydrogen-bond acceptors (Lipinski definition) is 7. The van der Waals surface area contributed by atoms with Crippen molar-refractivity contribution in [3.05, 3.63) is 59.4 Å². The van der Waals surface area contributed by atoms with E-state index in [0.717, 1.165) is 37.6 Å². The van der Waals surface area contributed by atoms with Crippen LogP contribution in [0.4, 0.5) is 10.1 Å². The number of benzene rings is 2. The van der Waals surface area contributed by atoms with Crippen molar-refractivity contribution in [2.24, 2.45) is 0 Å². The molecule has 0 spiro atoms. The summed E-state index contributed by atoms with van der Waals surface area (Å²) in [6.45, 7) is 0.848. The van der Waals surface area contributed by atoms with Crippen molar-refractivity contribution < 1.29 is 31.8 Å². The van der Waals surface area contributed by atoms with Gasteiger partial charge in [-0.25, -0.2) is 17.6 Å². The third-order valence-electron chi connectivity index (χ3n) is 3.71. The molecule has 142 valence electrons. The predicted octanol–water partition coefficient (Wildman–Crippen LogP) is 2.50. The molecule has 7 nitrogen and oxygen atoms in total. The number of anilines is 1. The molecule has 0 aliphatic carbocycles. The van der Waals surface area contributed by atoms with Crippen LogP contribution in [0.2, 0.25) is 0 Å². The van der Waals surface area contributed by atoms with Crippen LogP contribution in [0.25, 0.3) is 0 Å². The number of hydrogen-bond donors (Lipinski definition) is 1. The summed E-state index contributed by atoms with van der Waals surface area (Å²) in [5.74, 6) is -0.570. The number of fused-ring (bicyclic) bond motifs is 1. The van der Waals surface area contributed by atoms with Gasteiger partial charge in [0.25, 0.3) is 0 Å². The van der Waals surface area contributed by atoms with Crippen LogP contribution < -0.4 is 14.8 Å². The van der Waals surface area contributed by atoms with Crippen molar-refractivity contribution in [3.8, 4) is 11.5 Å². The lowest BCUT2D eigenvalue weighted by Crippen LogP contribution is -2.17. The van der Waals surface area contributed by atoms with Crippen molar-refractivity contribution in [2.75, 3.05) is 25.6 Å². The molecule has 2 aromatic rings. The molecular weight excluding hydrogens is 377 g/mol. The highest BCUT2D eigenvalue weighted by Gasteiger charge is 2.28. The smallest absolute Gasteiger partial charge is 0.351 e. The first-order valence-electron chi connectivity index (χ1n) is 7.87. The van der Waals surface area contributed by atoms with E-state index in [4.69, 9.17) is 9.47 Å². The number of sulfone groups is 1. The number of halogens is 1. The monoisotopic (exact) mass is 393 g/mol. The zero-order chi connectivity index (χ0) is 19.4. The van der Waals surface area contributed by atoms with E-state index in [9.17, 15) is 17.6 Å². The van der Waals surface area contributed by atoms with Crippen LogP contribution in [0, 0.1) is 5.82 Å². The molecule has 0 atom stereocenters. The molecule has 0 amide bonds. The van der Waals surface area contributed by atoms with Crippen molar-refractivity contribution >= 4 is 21.5 Å². The SMILES string of the molecule is COC(=O)C(=CNc1ccc2c(c1)OCCO2)S(=O)(=O)c1ccc(F)cc1. The largest absolute Gasteiger partial charge is 0.486 e. The summed E-state index contributed by atoms with van der Waals surface area (Å²) in [7, 11) is -3.15. The molecule has 0 bridgehead atoms. The average molecular weight is 393 g/mol.